The molecule has 2 aromatic rings. The summed E-state index contributed by atoms with van der Waals surface area (Å²) in [6.07, 6.45) is 2.28. The molecule has 0 saturated carbocycles. The number of methoxy groups -OCH3 is 1. The van der Waals surface area contributed by atoms with Crippen LogP contribution in [0.3, 0.4) is 0 Å². The minimum absolute atomic E-state index is 0.294. The number of hydrogen-bond acceptors (Lipinski definition) is 5. The first kappa shape index (κ1) is 21.3. The first-order valence-electron chi connectivity index (χ1n) is 9.42. The zero-order chi connectivity index (χ0) is 20.4. The molecule has 150 valence electrons. The van der Waals surface area contributed by atoms with E-state index in [1.54, 1.807) is 62.6 Å². The van der Waals surface area contributed by atoms with Gasteiger partial charge in [0.2, 0.25) is 0 Å². The Kier molecular flexibility index (Phi) is 8.34. The zero-order valence-corrected chi connectivity index (χ0v) is 16.6. The van der Waals surface area contributed by atoms with Crippen LogP contribution in [-0.2, 0) is 9.53 Å². The van der Waals surface area contributed by atoms with Crippen molar-refractivity contribution in [2.24, 2.45) is 0 Å². The Morgan fingerprint density at radius 3 is 2.43 bits per heavy atom. The average molecular weight is 385 g/mol. The summed E-state index contributed by atoms with van der Waals surface area (Å²) in [6.45, 7) is 4.18. The van der Waals surface area contributed by atoms with E-state index in [1.165, 1.54) is 0 Å². The van der Waals surface area contributed by atoms with Gasteiger partial charge in [0.05, 0.1) is 19.3 Å². The number of hydrogen-bond donors (Lipinski definition) is 1. The maximum absolute atomic E-state index is 12.3. The van der Waals surface area contributed by atoms with Crippen LogP contribution in [0.25, 0.3) is 0 Å². The third-order valence-corrected chi connectivity index (χ3v) is 4.09. The third kappa shape index (κ3) is 6.61. The molecule has 0 heterocycles. The number of amides is 1. The Morgan fingerprint density at radius 2 is 1.75 bits per heavy atom. The predicted molar refractivity (Wildman–Crippen MR) is 108 cm³/mol. The monoisotopic (exact) mass is 385 g/mol. The van der Waals surface area contributed by atoms with E-state index in [4.69, 9.17) is 14.2 Å². The standard InChI is InChI=1S/C22H27NO5/c1-4-5-6-14-27-22(25)17-10-12-18(13-11-17)23-21(24)16(2)28-20-9-7-8-19(15-20)26-3/h7-13,15-16H,4-6,14H2,1-3H3,(H,23,24). The molecule has 0 fully saturated rings. The number of carbonyl (C=O) groups excluding carboxylic acids is 2. The van der Waals surface area contributed by atoms with Gasteiger partial charge in [-0.3, -0.25) is 4.79 Å². The molecule has 6 nitrogen and oxygen atoms in total. The molecule has 0 saturated heterocycles. The van der Waals surface area contributed by atoms with Crippen molar-refractivity contribution in [3.05, 3.63) is 54.1 Å². The molecule has 0 spiro atoms. The van der Waals surface area contributed by atoms with Crippen LogP contribution in [-0.4, -0.2) is 31.7 Å². The van der Waals surface area contributed by atoms with Crippen molar-refractivity contribution >= 4 is 17.6 Å². The van der Waals surface area contributed by atoms with Crippen molar-refractivity contribution in [3.8, 4) is 11.5 Å². The van der Waals surface area contributed by atoms with E-state index >= 15 is 0 Å². The summed E-state index contributed by atoms with van der Waals surface area (Å²) < 4.78 is 16.0. The van der Waals surface area contributed by atoms with Gasteiger partial charge in [-0.1, -0.05) is 25.8 Å². The normalized spacial score (nSPS) is 11.4. The maximum atomic E-state index is 12.3. The van der Waals surface area contributed by atoms with E-state index in [1.807, 2.05) is 0 Å². The molecule has 1 amide bonds. The van der Waals surface area contributed by atoms with Crippen LogP contribution in [0.4, 0.5) is 5.69 Å². The highest BCUT2D eigenvalue weighted by Crippen LogP contribution is 2.20. The van der Waals surface area contributed by atoms with Crippen LogP contribution in [0.2, 0.25) is 0 Å². The Bertz CT molecular complexity index is 773. The summed E-state index contributed by atoms with van der Waals surface area (Å²) in [5, 5.41) is 2.77. The number of ether oxygens (including phenoxy) is 3. The molecule has 0 aliphatic carbocycles. The summed E-state index contributed by atoms with van der Waals surface area (Å²) in [5.41, 5.74) is 1.03. The van der Waals surface area contributed by atoms with E-state index in [0.717, 1.165) is 19.3 Å². The fourth-order valence-electron chi connectivity index (χ4n) is 2.47. The van der Waals surface area contributed by atoms with Crippen molar-refractivity contribution in [1.29, 1.82) is 0 Å². The molecule has 0 aliphatic heterocycles. The van der Waals surface area contributed by atoms with Crippen molar-refractivity contribution < 1.29 is 23.8 Å². The second-order valence-electron chi connectivity index (χ2n) is 6.35. The number of carbonyl (C=O) groups is 2. The van der Waals surface area contributed by atoms with E-state index in [2.05, 4.69) is 12.2 Å². The lowest BCUT2D eigenvalue weighted by Gasteiger charge is -2.15. The van der Waals surface area contributed by atoms with E-state index in [-0.39, 0.29) is 11.9 Å². The molecule has 28 heavy (non-hydrogen) atoms. The molecule has 0 aliphatic rings. The maximum Gasteiger partial charge on any atom is 0.338 e. The highest BCUT2D eigenvalue weighted by Gasteiger charge is 2.15. The van der Waals surface area contributed by atoms with Gasteiger partial charge in [0.1, 0.15) is 11.5 Å². The summed E-state index contributed by atoms with van der Waals surface area (Å²) in [4.78, 5) is 24.3. The van der Waals surface area contributed by atoms with Gasteiger partial charge in [0.15, 0.2) is 6.10 Å². The summed E-state index contributed by atoms with van der Waals surface area (Å²) in [5.74, 6) is 0.548. The number of unbranched alkanes of at least 4 members (excludes halogenated alkanes) is 2. The van der Waals surface area contributed by atoms with Crippen LogP contribution in [0.5, 0.6) is 11.5 Å². The Balaban J connectivity index is 1.86. The highest BCUT2D eigenvalue weighted by molar-refractivity contribution is 5.95. The summed E-state index contributed by atoms with van der Waals surface area (Å²) in [6, 6.07) is 13.7. The van der Waals surface area contributed by atoms with Crippen LogP contribution in [0, 0.1) is 0 Å². The smallest absolute Gasteiger partial charge is 0.338 e. The molecule has 2 aromatic carbocycles. The minimum atomic E-state index is -0.699. The van der Waals surface area contributed by atoms with Gasteiger partial charge < -0.3 is 19.5 Å². The topological polar surface area (TPSA) is 73.9 Å². The molecular weight excluding hydrogens is 358 g/mol. The Labute approximate surface area is 165 Å². The number of rotatable bonds is 10. The van der Waals surface area contributed by atoms with Crippen LogP contribution in [0.1, 0.15) is 43.5 Å². The number of nitrogens with one attached hydrogen (secondary N) is 1. The molecular formula is C22H27NO5. The van der Waals surface area contributed by atoms with Gasteiger partial charge in [0.25, 0.3) is 5.91 Å². The molecule has 6 heteroatoms. The van der Waals surface area contributed by atoms with Crippen molar-refractivity contribution in [2.75, 3.05) is 19.0 Å². The van der Waals surface area contributed by atoms with Crippen molar-refractivity contribution in [2.45, 2.75) is 39.2 Å². The number of anilines is 1. The van der Waals surface area contributed by atoms with Crippen LogP contribution < -0.4 is 14.8 Å². The van der Waals surface area contributed by atoms with Gasteiger partial charge in [-0.15, -0.1) is 0 Å². The lowest BCUT2D eigenvalue weighted by molar-refractivity contribution is -0.122. The Hall–Kier alpha value is -3.02. The van der Waals surface area contributed by atoms with E-state index < -0.39 is 6.10 Å². The van der Waals surface area contributed by atoms with Gasteiger partial charge in [-0.2, -0.15) is 0 Å². The molecule has 1 atom stereocenters. The number of benzene rings is 2. The predicted octanol–water partition coefficient (Wildman–Crippen LogP) is 4.45. The van der Waals surface area contributed by atoms with Gasteiger partial charge in [0, 0.05) is 11.8 Å². The quantitative estimate of drug-likeness (QED) is 0.483. The fourth-order valence-corrected chi connectivity index (χ4v) is 2.47. The molecule has 1 unspecified atom stereocenters. The number of esters is 1. The largest absolute Gasteiger partial charge is 0.497 e. The average Bonchev–Trinajstić information content (AvgIpc) is 2.71. The second-order valence-corrected chi connectivity index (χ2v) is 6.35. The fraction of sp³-hybridized carbons (Fsp3) is 0.364. The summed E-state index contributed by atoms with van der Waals surface area (Å²) in [7, 11) is 1.57. The molecule has 0 aromatic heterocycles. The lowest BCUT2D eigenvalue weighted by atomic mass is 10.2. The van der Waals surface area contributed by atoms with Crippen molar-refractivity contribution in [3.63, 3.8) is 0 Å². The van der Waals surface area contributed by atoms with Crippen LogP contribution >= 0.6 is 0 Å². The zero-order valence-electron chi connectivity index (χ0n) is 16.6. The molecule has 2 rings (SSSR count). The van der Waals surface area contributed by atoms with Gasteiger partial charge >= 0.3 is 5.97 Å². The summed E-state index contributed by atoms with van der Waals surface area (Å²) >= 11 is 0. The molecule has 0 radical (unpaired) electrons. The van der Waals surface area contributed by atoms with Gasteiger partial charge in [-0.05, 0) is 49.7 Å². The highest BCUT2D eigenvalue weighted by atomic mass is 16.5. The minimum Gasteiger partial charge on any atom is -0.497 e. The Morgan fingerprint density at radius 1 is 1.04 bits per heavy atom. The van der Waals surface area contributed by atoms with Crippen LogP contribution in [0.15, 0.2) is 48.5 Å². The van der Waals surface area contributed by atoms with E-state index in [9.17, 15) is 9.59 Å². The van der Waals surface area contributed by atoms with Crippen molar-refractivity contribution in [1.82, 2.24) is 0 Å². The first-order valence-corrected chi connectivity index (χ1v) is 9.42. The van der Waals surface area contributed by atoms with E-state index in [0.29, 0.717) is 29.4 Å². The van der Waals surface area contributed by atoms with Gasteiger partial charge in [-0.25, -0.2) is 4.79 Å². The molecule has 0 bridgehead atoms. The second kappa shape index (κ2) is 11.0. The SMILES string of the molecule is CCCCCOC(=O)c1ccc(NC(=O)C(C)Oc2cccc(OC)c2)cc1. The molecule has 1 N–H and O–H groups in total. The first-order chi connectivity index (χ1) is 13.5. The third-order valence-electron chi connectivity index (χ3n) is 4.09. The lowest BCUT2D eigenvalue weighted by Crippen LogP contribution is -2.30.